The van der Waals surface area contributed by atoms with Crippen molar-refractivity contribution in [3.05, 3.63) is 35.5 Å². The third-order valence-electron chi connectivity index (χ3n) is 4.03. The third kappa shape index (κ3) is 3.18. The van der Waals surface area contributed by atoms with Gasteiger partial charge in [0.25, 0.3) is 5.91 Å². The predicted molar refractivity (Wildman–Crippen MR) is 84.5 cm³/mol. The second-order valence-electron chi connectivity index (χ2n) is 6.04. The van der Waals surface area contributed by atoms with E-state index in [4.69, 9.17) is 4.74 Å². The van der Waals surface area contributed by atoms with Gasteiger partial charge < -0.3 is 14.6 Å². The monoisotopic (exact) mass is 315 g/mol. The molecule has 7 nitrogen and oxygen atoms in total. The molecule has 0 spiro atoms. The van der Waals surface area contributed by atoms with Crippen molar-refractivity contribution >= 4 is 5.91 Å². The van der Waals surface area contributed by atoms with Gasteiger partial charge in [0.05, 0.1) is 12.7 Å². The molecule has 2 aromatic rings. The first-order valence-electron chi connectivity index (χ1n) is 7.81. The Kier molecular flexibility index (Phi) is 4.27. The summed E-state index contributed by atoms with van der Waals surface area (Å²) in [6.07, 6.45) is 3.22. The first kappa shape index (κ1) is 15.5. The maximum absolute atomic E-state index is 12.3. The highest BCUT2D eigenvalue weighted by atomic mass is 16.5. The van der Waals surface area contributed by atoms with Crippen LogP contribution in [0.25, 0.3) is 0 Å². The van der Waals surface area contributed by atoms with Gasteiger partial charge in [-0.2, -0.15) is 0 Å². The summed E-state index contributed by atoms with van der Waals surface area (Å²) in [6, 6.07) is 3.48. The van der Waals surface area contributed by atoms with E-state index in [0.29, 0.717) is 23.9 Å². The van der Waals surface area contributed by atoms with Crippen molar-refractivity contribution in [3.8, 4) is 5.88 Å². The predicted octanol–water partition coefficient (Wildman–Crippen LogP) is 1.55. The van der Waals surface area contributed by atoms with Gasteiger partial charge in [-0.1, -0.05) is 13.8 Å². The number of fused-ring (bicyclic) bond motifs is 1. The van der Waals surface area contributed by atoms with Crippen LogP contribution in [0.15, 0.2) is 18.3 Å². The molecule has 0 fully saturated rings. The van der Waals surface area contributed by atoms with E-state index in [1.165, 1.54) is 6.20 Å². The summed E-state index contributed by atoms with van der Waals surface area (Å²) >= 11 is 0. The van der Waals surface area contributed by atoms with Crippen molar-refractivity contribution in [2.75, 3.05) is 7.11 Å². The van der Waals surface area contributed by atoms with Gasteiger partial charge in [-0.05, 0) is 12.5 Å². The number of amides is 1. The zero-order chi connectivity index (χ0) is 16.4. The van der Waals surface area contributed by atoms with Crippen LogP contribution in [0, 0.1) is 0 Å². The smallest absolute Gasteiger partial charge is 0.253 e. The number of carbonyl (C=O) groups is 1. The molecule has 122 valence electrons. The number of hydrogen-bond acceptors (Lipinski definition) is 5. The van der Waals surface area contributed by atoms with E-state index >= 15 is 0 Å². The number of aryl methyl sites for hydroxylation is 1. The van der Waals surface area contributed by atoms with Crippen LogP contribution in [0.5, 0.6) is 5.88 Å². The zero-order valence-electron chi connectivity index (χ0n) is 13.6. The van der Waals surface area contributed by atoms with Gasteiger partial charge in [0.15, 0.2) is 0 Å². The van der Waals surface area contributed by atoms with Crippen molar-refractivity contribution in [3.63, 3.8) is 0 Å². The highest BCUT2D eigenvalue weighted by Gasteiger charge is 2.25. The van der Waals surface area contributed by atoms with Crippen LogP contribution >= 0.6 is 0 Å². The SMILES string of the molecule is COc1ccc(C(=O)N[C@@H]2CCc3nnc(C(C)C)n3C2)cn1. The van der Waals surface area contributed by atoms with E-state index in [9.17, 15) is 4.79 Å². The fraction of sp³-hybridized carbons (Fsp3) is 0.500. The molecule has 1 aliphatic heterocycles. The zero-order valence-corrected chi connectivity index (χ0v) is 13.6. The number of hydrogen-bond donors (Lipinski definition) is 1. The number of carbonyl (C=O) groups excluding carboxylic acids is 1. The number of nitrogens with one attached hydrogen (secondary N) is 1. The van der Waals surface area contributed by atoms with Crippen LogP contribution in [-0.2, 0) is 13.0 Å². The summed E-state index contributed by atoms with van der Waals surface area (Å²) in [5.74, 6) is 2.68. The maximum Gasteiger partial charge on any atom is 0.253 e. The Hall–Kier alpha value is -2.44. The van der Waals surface area contributed by atoms with E-state index in [1.54, 1.807) is 19.2 Å². The van der Waals surface area contributed by atoms with Gasteiger partial charge in [0.2, 0.25) is 5.88 Å². The van der Waals surface area contributed by atoms with Crippen molar-refractivity contribution in [1.29, 1.82) is 0 Å². The van der Waals surface area contributed by atoms with Crippen molar-refractivity contribution < 1.29 is 9.53 Å². The Morgan fingerprint density at radius 3 is 2.87 bits per heavy atom. The average molecular weight is 315 g/mol. The maximum atomic E-state index is 12.3. The number of pyridine rings is 1. The molecule has 0 unspecified atom stereocenters. The first-order chi connectivity index (χ1) is 11.1. The van der Waals surface area contributed by atoms with Gasteiger partial charge in [-0.3, -0.25) is 4.79 Å². The van der Waals surface area contributed by atoms with Crippen molar-refractivity contribution in [2.45, 2.75) is 45.2 Å². The number of ether oxygens (including phenoxy) is 1. The Morgan fingerprint density at radius 2 is 2.22 bits per heavy atom. The number of methoxy groups -OCH3 is 1. The second-order valence-corrected chi connectivity index (χ2v) is 6.04. The molecule has 7 heteroatoms. The highest BCUT2D eigenvalue weighted by molar-refractivity contribution is 5.94. The summed E-state index contributed by atoms with van der Waals surface area (Å²) < 4.78 is 7.13. The van der Waals surface area contributed by atoms with Gasteiger partial charge >= 0.3 is 0 Å². The molecule has 1 aliphatic rings. The molecule has 3 heterocycles. The van der Waals surface area contributed by atoms with Crippen LogP contribution in [0.2, 0.25) is 0 Å². The molecular formula is C16H21N5O2. The highest BCUT2D eigenvalue weighted by Crippen LogP contribution is 2.20. The fourth-order valence-electron chi connectivity index (χ4n) is 2.80. The first-order valence-corrected chi connectivity index (χ1v) is 7.81. The quantitative estimate of drug-likeness (QED) is 0.925. The van der Waals surface area contributed by atoms with Gasteiger partial charge in [-0.25, -0.2) is 4.98 Å². The van der Waals surface area contributed by atoms with Crippen LogP contribution in [0.3, 0.4) is 0 Å². The minimum absolute atomic E-state index is 0.0746. The summed E-state index contributed by atoms with van der Waals surface area (Å²) in [5.41, 5.74) is 0.532. The summed E-state index contributed by atoms with van der Waals surface area (Å²) in [4.78, 5) is 16.4. The number of rotatable bonds is 4. The lowest BCUT2D eigenvalue weighted by Gasteiger charge is -2.25. The Balaban J connectivity index is 1.68. The van der Waals surface area contributed by atoms with E-state index in [2.05, 4.69) is 38.9 Å². The lowest BCUT2D eigenvalue weighted by atomic mass is 10.1. The molecule has 1 amide bonds. The minimum atomic E-state index is -0.118. The van der Waals surface area contributed by atoms with E-state index in [-0.39, 0.29) is 11.9 Å². The van der Waals surface area contributed by atoms with Crippen LogP contribution in [0.1, 0.15) is 48.2 Å². The molecular weight excluding hydrogens is 294 g/mol. The van der Waals surface area contributed by atoms with E-state index < -0.39 is 0 Å². The number of aromatic nitrogens is 4. The van der Waals surface area contributed by atoms with E-state index in [0.717, 1.165) is 24.5 Å². The molecule has 0 aromatic carbocycles. The Bertz CT molecular complexity index is 693. The molecule has 0 aliphatic carbocycles. The largest absolute Gasteiger partial charge is 0.481 e. The van der Waals surface area contributed by atoms with Crippen molar-refractivity contribution in [1.82, 2.24) is 25.1 Å². The Labute approximate surface area is 135 Å². The molecule has 3 rings (SSSR count). The van der Waals surface area contributed by atoms with Gasteiger partial charge in [-0.15, -0.1) is 10.2 Å². The van der Waals surface area contributed by atoms with Crippen LogP contribution in [-0.4, -0.2) is 38.8 Å². The molecule has 0 saturated carbocycles. The lowest BCUT2D eigenvalue weighted by molar-refractivity contribution is 0.0926. The molecule has 2 aromatic heterocycles. The van der Waals surface area contributed by atoms with Crippen LogP contribution in [0.4, 0.5) is 0 Å². The van der Waals surface area contributed by atoms with Crippen molar-refractivity contribution in [2.24, 2.45) is 0 Å². The normalized spacial score (nSPS) is 17.0. The molecule has 0 radical (unpaired) electrons. The minimum Gasteiger partial charge on any atom is -0.481 e. The van der Waals surface area contributed by atoms with Crippen LogP contribution < -0.4 is 10.1 Å². The second kappa shape index (κ2) is 6.36. The van der Waals surface area contributed by atoms with Gasteiger partial charge in [0, 0.05) is 37.2 Å². The molecule has 1 atom stereocenters. The summed E-state index contributed by atoms with van der Waals surface area (Å²) in [7, 11) is 1.55. The fourth-order valence-corrected chi connectivity index (χ4v) is 2.80. The molecule has 0 bridgehead atoms. The molecule has 23 heavy (non-hydrogen) atoms. The molecule has 1 N–H and O–H groups in total. The average Bonchev–Trinajstić information content (AvgIpc) is 2.98. The third-order valence-corrected chi connectivity index (χ3v) is 4.03. The Morgan fingerprint density at radius 1 is 1.39 bits per heavy atom. The number of nitrogens with zero attached hydrogens (tertiary/aromatic N) is 4. The van der Waals surface area contributed by atoms with E-state index in [1.807, 2.05) is 0 Å². The topological polar surface area (TPSA) is 81.9 Å². The summed E-state index contributed by atoms with van der Waals surface area (Å²) in [5, 5.41) is 11.6. The van der Waals surface area contributed by atoms with Gasteiger partial charge in [0.1, 0.15) is 11.6 Å². The lowest BCUT2D eigenvalue weighted by Crippen LogP contribution is -2.41. The standard InChI is InChI=1S/C16H21N5O2/c1-10(2)15-20-19-13-6-5-12(9-21(13)15)18-16(22)11-4-7-14(23-3)17-8-11/h4,7-8,10,12H,5-6,9H2,1-3H3,(H,18,22)/t12-/m1/s1. The summed E-state index contributed by atoms with van der Waals surface area (Å²) in [6.45, 7) is 4.91. The molecule has 0 saturated heterocycles.